The van der Waals surface area contributed by atoms with Gasteiger partial charge in [0.2, 0.25) is 0 Å². The van der Waals surface area contributed by atoms with Crippen molar-refractivity contribution >= 4 is 29.4 Å². The first kappa shape index (κ1) is 13.3. The lowest BCUT2D eigenvalue weighted by atomic mass is 10.2. The van der Waals surface area contributed by atoms with Crippen LogP contribution in [0, 0.1) is 10.1 Å². The number of hydrogen-bond donors (Lipinski definition) is 0. The lowest BCUT2D eigenvalue weighted by molar-refractivity contribution is -0.384. The Kier molecular flexibility index (Phi) is 4.30. The molecule has 0 saturated heterocycles. The molecule has 2 aromatic rings. The van der Waals surface area contributed by atoms with Gasteiger partial charge in [0.15, 0.2) is 0 Å². The van der Waals surface area contributed by atoms with Crippen molar-refractivity contribution in [2.75, 3.05) is 6.26 Å². The molecule has 0 bridgehead atoms. The average Bonchev–Trinajstić information content (AvgIpc) is 2.45. The summed E-state index contributed by atoms with van der Waals surface area (Å²) in [5.74, 6) is 0. The van der Waals surface area contributed by atoms with E-state index in [-0.39, 0.29) is 5.69 Å². The molecule has 0 saturated carbocycles. The molecule has 0 aromatic heterocycles. The lowest BCUT2D eigenvalue weighted by Gasteiger charge is -2.00. The highest BCUT2D eigenvalue weighted by molar-refractivity contribution is 7.98. The van der Waals surface area contributed by atoms with Crippen molar-refractivity contribution < 1.29 is 4.92 Å². The Bertz CT molecular complexity index is 609. The zero-order valence-corrected chi connectivity index (χ0v) is 11.1. The normalized spacial score (nSPS) is 10.8. The number of nitro groups is 1. The largest absolute Gasteiger partial charge is 0.269 e. The van der Waals surface area contributed by atoms with E-state index in [0.29, 0.717) is 0 Å². The van der Waals surface area contributed by atoms with E-state index >= 15 is 0 Å². The van der Waals surface area contributed by atoms with Gasteiger partial charge in [0.05, 0.1) is 10.6 Å². The molecule has 5 heteroatoms. The molecule has 19 heavy (non-hydrogen) atoms. The summed E-state index contributed by atoms with van der Waals surface area (Å²) in [7, 11) is 0. The van der Waals surface area contributed by atoms with Gasteiger partial charge in [0.25, 0.3) is 5.69 Å². The fourth-order valence-corrected chi connectivity index (χ4v) is 2.11. The lowest BCUT2D eigenvalue weighted by Crippen LogP contribution is -1.88. The number of aliphatic imine (C=N–C) groups is 1. The molecule has 0 radical (unpaired) electrons. The maximum Gasteiger partial charge on any atom is 0.269 e. The average molecular weight is 272 g/mol. The number of thioether (sulfide) groups is 1. The van der Waals surface area contributed by atoms with Crippen LogP contribution in [-0.4, -0.2) is 17.4 Å². The van der Waals surface area contributed by atoms with Crippen LogP contribution in [0.2, 0.25) is 0 Å². The van der Waals surface area contributed by atoms with Crippen LogP contribution in [0.25, 0.3) is 0 Å². The molecule has 0 unspecified atom stereocenters. The highest BCUT2D eigenvalue weighted by Gasteiger charge is 2.02. The number of nitrogens with zero attached hydrogens (tertiary/aromatic N) is 2. The Morgan fingerprint density at radius 3 is 2.47 bits per heavy atom. The third kappa shape index (κ3) is 3.42. The Balaban J connectivity index is 2.20. The summed E-state index contributed by atoms with van der Waals surface area (Å²) >= 11 is 1.63. The van der Waals surface area contributed by atoms with Gasteiger partial charge in [-0.2, -0.15) is 0 Å². The highest BCUT2D eigenvalue weighted by atomic mass is 32.2. The van der Waals surface area contributed by atoms with E-state index < -0.39 is 4.92 Å². The van der Waals surface area contributed by atoms with Crippen LogP contribution in [0.3, 0.4) is 0 Å². The van der Waals surface area contributed by atoms with Crippen molar-refractivity contribution in [1.29, 1.82) is 0 Å². The van der Waals surface area contributed by atoms with Crippen LogP contribution in [0.15, 0.2) is 58.4 Å². The molecule has 96 valence electrons. The molecule has 0 spiro atoms. The summed E-state index contributed by atoms with van der Waals surface area (Å²) in [5.41, 5.74) is 1.82. The number of nitro benzene ring substituents is 1. The van der Waals surface area contributed by atoms with Crippen LogP contribution >= 0.6 is 11.8 Å². The summed E-state index contributed by atoms with van der Waals surface area (Å²) in [6.07, 6.45) is 3.71. The van der Waals surface area contributed by atoms with Gasteiger partial charge >= 0.3 is 0 Å². The number of benzene rings is 2. The SMILES string of the molecule is CSc1ccccc1N=Cc1ccc([N+](=O)[O-])cc1. The molecule has 0 aliphatic heterocycles. The van der Waals surface area contributed by atoms with Gasteiger partial charge in [-0.05, 0) is 36.1 Å². The van der Waals surface area contributed by atoms with Gasteiger partial charge in [0.1, 0.15) is 0 Å². The van der Waals surface area contributed by atoms with E-state index in [9.17, 15) is 10.1 Å². The second-order valence-corrected chi connectivity index (χ2v) is 4.63. The standard InChI is InChI=1S/C14H12N2O2S/c1-19-14-5-3-2-4-13(14)15-10-11-6-8-12(9-7-11)16(17)18/h2-10H,1H3. The molecular weight excluding hydrogens is 260 g/mol. The molecule has 0 aliphatic rings. The molecule has 0 aliphatic carbocycles. The second-order valence-electron chi connectivity index (χ2n) is 3.78. The Labute approximate surface area is 115 Å². The van der Waals surface area contributed by atoms with E-state index in [2.05, 4.69) is 4.99 Å². The molecule has 0 atom stereocenters. The number of para-hydroxylation sites is 1. The summed E-state index contributed by atoms with van der Waals surface area (Å²) in [5, 5.41) is 10.5. The number of rotatable bonds is 4. The van der Waals surface area contributed by atoms with Crippen molar-refractivity contribution in [3.63, 3.8) is 0 Å². The van der Waals surface area contributed by atoms with Crippen LogP contribution in [-0.2, 0) is 0 Å². The predicted molar refractivity (Wildman–Crippen MR) is 78.6 cm³/mol. The minimum absolute atomic E-state index is 0.0849. The Morgan fingerprint density at radius 1 is 1.16 bits per heavy atom. The Morgan fingerprint density at radius 2 is 1.84 bits per heavy atom. The highest BCUT2D eigenvalue weighted by Crippen LogP contribution is 2.27. The van der Waals surface area contributed by atoms with Crippen LogP contribution < -0.4 is 0 Å². The molecule has 2 aromatic carbocycles. The quantitative estimate of drug-likeness (QED) is 0.365. The minimum Gasteiger partial charge on any atom is -0.258 e. The van der Waals surface area contributed by atoms with Crippen molar-refractivity contribution in [2.24, 2.45) is 4.99 Å². The van der Waals surface area contributed by atoms with E-state index in [1.807, 2.05) is 30.5 Å². The van der Waals surface area contributed by atoms with Gasteiger partial charge in [-0.25, -0.2) is 0 Å². The maximum atomic E-state index is 10.5. The monoisotopic (exact) mass is 272 g/mol. The third-order valence-electron chi connectivity index (χ3n) is 2.54. The summed E-state index contributed by atoms with van der Waals surface area (Å²) in [4.78, 5) is 15.6. The first-order valence-electron chi connectivity index (χ1n) is 5.62. The van der Waals surface area contributed by atoms with E-state index in [0.717, 1.165) is 16.1 Å². The van der Waals surface area contributed by atoms with E-state index in [4.69, 9.17) is 0 Å². The predicted octanol–water partition coefficient (Wildman–Crippen LogP) is 4.07. The molecular formula is C14H12N2O2S. The fraction of sp³-hybridized carbons (Fsp3) is 0.0714. The fourth-order valence-electron chi connectivity index (χ4n) is 1.56. The van der Waals surface area contributed by atoms with Gasteiger partial charge in [-0.15, -0.1) is 11.8 Å². The van der Waals surface area contributed by atoms with Gasteiger partial charge < -0.3 is 0 Å². The van der Waals surface area contributed by atoms with Crippen molar-refractivity contribution in [3.8, 4) is 0 Å². The smallest absolute Gasteiger partial charge is 0.258 e. The van der Waals surface area contributed by atoms with Crippen LogP contribution in [0.5, 0.6) is 0 Å². The second kappa shape index (κ2) is 6.15. The topological polar surface area (TPSA) is 55.5 Å². The van der Waals surface area contributed by atoms with Gasteiger partial charge in [-0.3, -0.25) is 15.1 Å². The molecule has 0 fully saturated rings. The van der Waals surface area contributed by atoms with Crippen molar-refractivity contribution in [3.05, 3.63) is 64.2 Å². The van der Waals surface area contributed by atoms with Crippen LogP contribution in [0.4, 0.5) is 11.4 Å². The van der Waals surface area contributed by atoms with Crippen LogP contribution in [0.1, 0.15) is 5.56 Å². The number of non-ortho nitro benzene ring substituents is 1. The summed E-state index contributed by atoms with van der Waals surface area (Å²) < 4.78 is 0. The third-order valence-corrected chi connectivity index (χ3v) is 3.33. The summed E-state index contributed by atoms with van der Waals surface area (Å²) in [6, 6.07) is 14.2. The molecule has 2 rings (SSSR count). The van der Waals surface area contributed by atoms with E-state index in [1.165, 1.54) is 12.1 Å². The molecule has 0 heterocycles. The van der Waals surface area contributed by atoms with Gasteiger partial charge in [-0.1, -0.05) is 12.1 Å². The maximum absolute atomic E-state index is 10.5. The van der Waals surface area contributed by atoms with E-state index in [1.54, 1.807) is 30.1 Å². The Hall–Kier alpha value is -2.14. The minimum atomic E-state index is -0.413. The van der Waals surface area contributed by atoms with Crippen molar-refractivity contribution in [1.82, 2.24) is 0 Å². The molecule has 0 amide bonds. The first-order valence-corrected chi connectivity index (χ1v) is 6.85. The summed E-state index contributed by atoms with van der Waals surface area (Å²) in [6.45, 7) is 0. The zero-order valence-electron chi connectivity index (χ0n) is 10.3. The zero-order chi connectivity index (χ0) is 13.7. The van der Waals surface area contributed by atoms with Crippen molar-refractivity contribution in [2.45, 2.75) is 4.90 Å². The molecule has 4 nitrogen and oxygen atoms in total. The number of hydrogen-bond acceptors (Lipinski definition) is 4. The first-order chi connectivity index (χ1) is 9.20. The van der Waals surface area contributed by atoms with Gasteiger partial charge in [0, 0.05) is 23.2 Å². The molecule has 0 N–H and O–H groups in total.